The highest BCUT2D eigenvalue weighted by Crippen LogP contribution is 2.32. The molecule has 1 aromatic heterocycles. The third-order valence-corrected chi connectivity index (χ3v) is 3.42. The Balaban J connectivity index is 1.94. The van der Waals surface area contributed by atoms with Crippen molar-refractivity contribution in [2.75, 3.05) is 13.2 Å². The van der Waals surface area contributed by atoms with Crippen molar-refractivity contribution in [3.63, 3.8) is 0 Å². The summed E-state index contributed by atoms with van der Waals surface area (Å²) in [6.07, 6.45) is 0.906. The largest absolute Gasteiger partial charge is 0.507 e. The van der Waals surface area contributed by atoms with Crippen LogP contribution in [-0.4, -0.2) is 28.5 Å². The molecule has 1 aromatic carbocycles. The number of phenolic OH excluding ortho intramolecular Hbond substituents is 1. The highest BCUT2D eigenvalue weighted by atomic mass is 79.9. The van der Waals surface area contributed by atoms with Crippen LogP contribution in [0, 0.1) is 0 Å². The quantitative estimate of drug-likeness (QED) is 0.923. The number of rotatable bonds is 2. The molecule has 0 aliphatic carbocycles. The van der Waals surface area contributed by atoms with Crippen LogP contribution >= 0.6 is 15.9 Å². The summed E-state index contributed by atoms with van der Waals surface area (Å²) in [5, 5.41) is 13.7. The number of ether oxygens (including phenoxy) is 1. The smallest absolute Gasteiger partial charge is 0.261 e. The maximum atomic E-state index is 9.79. The number of aromatic hydroxyl groups is 1. The van der Waals surface area contributed by atoms with Gasteiger partial charge in [0.05, 0.1) is 12.2 Å². The van der Waals surface area contributed by atoms with Crippen LogP contribution in [-0.2, 0) is 4.74 Å². The summed E-state index contributed by atoms with van der Waals surface area (Å²) in [4.78, 5) is 4.33. The Morgan fingerprint density at radius 1 is 1.39 bits per heavy atom. The predicted molar refractivity (Wildman–Crippen MR) is 67.3 cm³/mol. The number of nitrogens with zero attached hydrogens (tertiary/aromatic N) is 2. The molecule has 0 radical (unpaired) electrons. The molecule has 18 heavy (non-hydrogen) atoms. The third kappa shape index (κ3) is 2.13. The summed E-state index contributed by atoms with van der Waals surface area (Å²) in [6, 6.07) is 5.08. The Labute approximate surface area is 112 Å². The van der Waals surface area contributed by atoms with E-state index in [0.717, 1.165) is 17.5 Å². The van der Waals surface area contributed by atoms with Crippen molar-refractivity contribution < 1.29 is 14.4 Å². The summed E-state index contributed by atoms with van der Waals surface area (Å²) in [7, 11) is 0. The summed E-state index contributed by atoms with van der Waals surface area (Å²) in [5.74, 6) is 1.28. The molecule has 0 saturated carbocycles. The van der Waals surface area contributed by atoms with Gasteiger partial charge in [0.25, 0.3) is 5.89 Å². The van der Waals surface area contributed by atoms with Gasteiger partial charge in [0.15, 0.2) is 5.82 Å². The number of phenols is 1. The molecule has 3 rings (SSSR count). The van der Waals surface area contributed by atoms with Crippen LogP contribution in [0.15, 0.2) is 27.2 Å². The Bertz CT molecular complexity index is 564. The Hall–Kier alpha value is -1.40. The van der Waals surface area contributed by atoms with Crippen molar-refractivity contribution in [1.29, 1.82) is 0 Å². The van der Waals surface area contributed by atoms with Gasteiger partial charge in [-0.15, -0.1) is 0 Å². The van der Waals surface area contributed by atoms with E-state index in [1.54, 1.807) is 18.2 Å². The van der Waals surface area contributed by atoms with Gasteiger partial charge in [0.1, 0.15) is 5.75 Å². The highest BCUT2D eigenvalue weighted by Gasteiger charge is 2.24. The summed E-state index contributed by atoms with van der Waals surface area (Å²) < 4.78 is 11.3. The number of aromatic nitrogens is 2. The normalized spacial score (nSPS) is 19.3. The van der Waals surface area contributed by atoms with Gasteiger partial charge in [-0.1, -0.05) is 21.1 Å². The van der Waals surface area contributed by atoms with Gasteiger partial charge in [-0.05, 0) is 24.6 Å². The van der Waals surface area contributed by atoms with E-state index in [0.29, 0.717) is 23.9 Å². The van der Waals surface area contributed by atoms with Crippen molar-refractivity contribution in [2.24, 2.45) is 0 Å². The molecule has 2 aromatic rings. The molecule has 1 saturated heterocycles. The molecule has 1 N–H and O–H groups in total. The van der Waals surface area contributed by atoms with Crippen LogP contribution in [0.2, 0.25) is 0 Å². The van der Waals surface area contributed by atoms with Gasteiger partial charge >= 0.3 is 0 Å². The molecule has 2 heterocycles. The number of halogens is 1. The third-order valence-electron chi connectivity index (χ3n) is 2.93. The fourth-order valence-corrected chi connectivity index (χ4v) is 2.29. The van der Waals surface area contributed by atoms with Crippen LogP contribution in [0.5, 0.6) is 5.75 Å². The van der Waals surface area contributed by atoms with E-state index in [1.165, 1.54) is 0 Å². The van der Waals surface area contributed by atoms with E-state index in [2.05, 4.69) is 26.1 Å². The molecule has 1 atom stereocenters. The number of benzene rings is 1. The van der Waals surface area contributed by atoms with E-state index in [4.69, 9.17) is 9.26 Å². The maximum Gasteiger partial charge on any atom is 0.261 e. The lowest BCUT2D eigenvalue weighted by Crippen LogP contribution is -1.99. The van der Waals surface area contributed by atoms with E-state index >= 15 is 0 Å². The molecule has 1 unspecified atom stereocenters. The van der Waals surface area contributed by atoms with Crippen LogP contribution < -0.4 is 0 Å². The van der Waals surface area contributed by atoms with Gasteiger partial charge in [0, 0.05) is 17.0 Å². The van der Waals surface area contributed by atoms with Crippen molar-refractivity contribution >= 4 is 15.9 Å². The van der Waals surface area contributed by atoms with Gasteiger partial charge in [-0.3, -0.25) is 0 Å². The second kappa shape index (κ2) is 4.70. The summed E-state index contributed by atoms with van der Waals surface area (Å²) in [5.41, 5.74) is 0.530. The standard InChI is InChI=1S/C12H11BrN2O3/c13-8-1-2-10(16)9(5-8)12-14-11(15-18-12)7-3-4-17-6-7/h1-2,5,7,16H,3-4,6H2. The summed E-state index contributed by atoms with van der Waals surface area (Å²) >= 11 is 3.35. The van der Waals surface area contributed by atoms with Crippen molar-refractivity contribution in [3.8, 4) is 17.2 Å². The topological polar surface area (TPSA) is 68.4 Å². The monoisotopic (exact) mass is 310 g/mol. The van der Waals surface area contributed by atoms with Crippen molar-refractivity contribution in [3.05, 3.63) is 28.5 Å². The van der Waals surface area contributed by atoms with E-state index in [9.17, 15) is 5.11 Å². The number of hydrogen-bond acceptors (Lipinski definition) is 5. The van der Waals surface area contributed by atoms with Gasteiger partial charge in [-0.25, -0.2) is 0 Å². The molecule has 6 heteroatoms. The van der Waals surface area contributed by atoms with E-state index < -0.39 is 0 Å². The van der Waals surface area contributed by atoms with Crippen molar-refractivity contribution in [1.82, 2.24) is 10.1 Å². The SMILES string of the molecule is Oc1ccc(Br)cc1-c1nc(C2CCOC2)no1. The lowest BCUT2D eigenvalue weighted by Gasteiger charge is -2.00. The van der Waals surface area contributed by atoms with Crippen LogP contribution in [0.3, 0.4) is 0 Å². The lowest BCUT2D eigenvalue weighted by atomic mass is 10.1. The second-order valence-electron chi connectivity index (χ2n) is 4.18. The first-order chi connectivity index (χ1) is 8.74. The molecule has 5 nitrogen and oxygen atoms in total. The molecule has 1 aliphatic rings. The Kier molecular flexibility index (Phi) is 3.05. The zero-order valence-corrected chi connectivity index (χ0v) is 11.1. The molecule has 1 aliphatic heterocycles. The zero-order chi connectivity index (χ0) is 12.5. The lowest BCUT2D eigenvalue weighted by molar-refractivity contribution is 0.192. The predicted octanol–water partition coefficient (Wildman–Crippen LogP) is 2.71. The first-order valence-corrected chi connectivity index (χ1v) is 6.43. The minimum absolute atomic E-state index is 0.121. The average Bonchev–Trinajstić information content (AvgIpc) is 3.00. The van der Waals surface area contributed by atoms with Crippen LogP contribution in [0.4, 0.5) is 0 Å². The minimum Gasteiger partial charge on any atom is -0.507 e. The number of hydrogen-bond donors (Lipinski definition) is 1. The van der Waals surface area contributed by atoms with Gasteiger partial charge in [-0.2, -0.15) is 4.98 Å². The fourth-order valence-electron chi connectivity index (χ4n) is 1.93. The molecule has 0 amide bonds. The molecular formula is C12H11BrN2O3. The van der Waals surface area contributed by atoms with E-state index in [-0.39, 0.29) is 11.7 Å². The van der Waals surface area contributed by atoms with Crippen molar-refractivity contribution in [2.45, 2.75) is 12.3 Å². The minimum atomic E-state index is 0.121. The van der Waals surface area contributed by atoms with E-state index in [1.807, 2.05) is 0 Å². The first kappa shape index (κ1) is 11.7. The average molecular weight is 311 g/mol. The first-order valence-electron chi connectivity index (χ1n) is 5.64. The van der Waals surface area contributed by atoms with Crippen LogP contribution in [0.1, 0.15) is 18.2 Å². The van der Waals surface area contributed by atoms with Gasteiger partial charge in [0.2, 0.25) is 0 Å². The molecular weight excluding hydrogens is 300 g/mol. The fraction of sp³-hybridized carbons (Fsp3) is 0.333. The molecule has 1 fully saturated rings. The summed E-state index contributed by atoms with van der Waals surface area (Å²) in [6.45, 7) is 1.36. The highest BCUT2D eigenvalue weighted by molar-refractivity contribution is 9.10. The second-order valence-corrected chi connectivity index (χ2v) is 5.10. The van der Waals surface area contributed by atoms with Crippen LogP contribution in [0.25, 0.3) is 11.5 Å². The molecule has 0 bridgehead atoms. The molecule has 0 spiro atoms. The zero-order valence-electron chi connectivity index (χ0n) is 9.47. The van der Waals surface area contributed by atoms with Gasteiger partial charge < -0.3 is 14.4 Å². The maximum absolute atomic E-state index is 9.79. The Morgan fingerprint density at radius 2 is 2.28 bits per heavy atom. The Morgan fingerprint density at radius 3 is 3.06 bits per heavy atom. The molecule has 94 valence electrons.